The van der Waals surface area contributed by atoms with E-state index in [1.54, 1.807) is 24.3 Å². The lowest BCUT2D eigenvalue weighted by Crippen LogP contribution is -2.36. The van der Waals surface area contributed by atoms with Gasteiger partial charge in [-0.15, -0.1) is 0 Å². The van der Waals surface area contributed by atoms with Crippen LogP contribution in [0.2, 0.25) is 0 Å². The molecular weight excluding hydrogens is 393 g/mol. The third-order valence-corrected chi connectivity index (χ3v) is 5.36. The van der Waals surface area contributed by atoms with E-state index < -0.39 is 24.2 Å². The van der Waals surface area contributed by atoms with Gasteiger partial charge in [0.1, 0.15) is 11.4 Å². The van der Waals surface area contributed by atoms with Gasteiger partial charge < -0.3 is 10.6 Å². The van der Waals surface area contributed by atoms with Crippen LogP contribution in [0, 0.1) is 13.8 Å². The highest BCUT2D eigenvalue weighted by atomic mass is 19.4. The predicted molar refractivity (Wildman–Crippen MR) is 109 cm³/mol. The summed E-state index contributed by atoms with van der Waals surface area (Å²) in [6.45, 7) is 3.76. The summed E-state index contributed by atoms with van der Waals surface area (Å²) in [4.78, 5) is 12.9. The number of hydrogen-bond donors (Lipinski definition) is 2. The number of fused-ring (bicyclic) bond motifs is 1. The second-order valence-corrected chi connectivity index (χ2v) is 7.52. The lowest BCUT2D eigenvalue weighted by molar-refractivity contribution is -0.173. The first-order valence-electron chi connectivity index (χ1n) is 9.58. The molecule has 1 aromatic heterocycles. The first kappa shape index (κ1) is 20.0. The molecule has 5 nitrogen and oxygen atoms in total. The highest BCUT2D eigenvalue weighted by molar-refractivity contribution is 6.07. The van der Waals surface area contributed by atoms with Crippen LogP contribution in [0.15, 0.2) is 54.7 Å². The van der Waals surface area contributed by atoms with Gasteiger partial charge in [-0.3, -0.25) is 4.79 Å². The standard InChI is InChI=1S/C22H21F3N4O/c1-13-7-9-15(10-8-13)18-11-19(22(23,24)25)29-20(27-18)16(12-26-29)21(30)28-17-6-4-3-5-14(17)2/h3-10,12,18-19,27H,11H2,1-2H3,(H,28,30)/t18-,19+/m0/s1. The number of amides is 1. The van der Waals surface area contributed by atoms with Crippen LogP contribution in [-0.4, -0.2) is 21.9 Å². The summed E-state index contributed by atoms with van der Waals surface area (Å²) in [6.07, 6.45) is -3.51. The van der Waals surface area contributed by atoms with Crippen molar-refractivity contribution in [3.8, 4) is 0 Å². The van der Waals surface area contributed by atoms with Crippen LogP contribution in [0.25, 0.3) is 0 Å². The minimum absolute atomic E-state index is 0.0697. The second-order valence-electron chi connectivity index (χ2n) is 7.52. The van der Waals surface area contributed by atoms with Crippen molar-refractivity contribution in [2.24, 2.45) is 0 Å². The quantitative estimate of drug-likeness (QED) is 0.602. The lowest BCUT2D eigenvalue weighted by Gasteiger charge is -2.34. The monoisotopic (exact) mass is 414 g/mol. The van der Waals surface area contributed by atoms with Crippen molar-refractivity contribution in [1.29, 1.82) is 0 Å². The summed E-state index contributed by atoms with van der Waals surface area (Å²) >= 11 is 0. The van der Waals surface area contributed by atoms with E-state index in [0.717, 1.165) is 21.4 Å². The van der Waals surface area contributed by atoms with Crippen molar-refractivity contribution in [2.45, 2.75) is 38.5 Å². The van der Waals surface area contributed by atoms with Gasteiger partial charge in [0, 0.05) is 12.1 Å². The number of aromatic nitrogens is 2. The number of benzene rings is 2. The maximum absolute atomic E-state index is 13.8. The molecule has 8 heteroatoms. The molecular formula is C22H21F3N4O. The summed E-state index contributed by atoms with van der Waals surface area (Å²) in [5.41, 5.74) is 3.27. The Hall–Kier alpha value is -3.29. The van der Waals surface area contributed by atoms with Crippen molar-refractivity contribution < 1.29 is 18.0 Å². The van der Waals surface area contributed by atoms with Gasteiger partial charge in [0.2, 0.25) is 0 Å². The largest absolute Gasteiger partial charge is 0.410 e. The van der Waals surface area contributed by atoms with E-state index in [9.17, 15) is 18.0 Å². The second kappa shape index (κ2) is 7.51. The Bertz CT molecular complexity index is 1070. The van der Waals surface area contributed by atoms with Gasteiger partial charge in [-0.05, 0) is 31.0 Å². The molecule has 1 aliphatic heterocycles. The van der Waals surface area contributed by atoms with E-state index in [4.69, 9.17) is 0 Å². The van der Waals surface area contributed by atoms with Crippen LogP contribution in [0.4, 0.5) is 24.7 Å². The Morgan fingerprint density at radius 2 is 1.83 bits per heavy atom. The zero-order chi connectivity index (χ0) is 21.5. The van der Waals surface area contributed by atoms with Gasteiger partial charge in [0.25, 0.3) is 5.91 Å². The minimum atomic E-state index is -4.49. The third kappa shape index (κ3) is 3.77. The summed E-state index contributed by atoms with van der Waals surface area (Å²) in [5.74, 6) is -0.441. The first-order valence-corrected chi connectivity index (χ1v) is 9.58. The van der Waals surface area contributed by atoms with E-state index in [2.05, 4.69) is 15.7 Å². The number of halogens is 3. The molecule has 2 heterocycles. The molecule has 0 unspecified atom stereocenters. The van der Waals surface area contributed by atoms with Crippen LogP contribution in [0.5, 0.6) is 0 Å². The fraction of sp³-hybridized carbons (Fsp3) is 0.273. The molecule has 0 saturated carbocycles. The van der Waals surface area contributed by atoms with Crippen molar-refractivity contribution in [3.05, 3.63) is 77.0 Å². The molecule has 0 saturated heterocycles. The number of rotatable bonds is 3. The Kier molecular flexibility index (Phi) is 5.01. The van der Waals surface area contributed by atoms with Crippen LogP contribution in [0.3, 0.4) is 0 Å². The number of para-hydroxylation sites is 1. The lowest BCUT2D eigenvalue weighted by atomic mass is 9.96. The molecule has 2 aromatic carbocycles. The average molecular weight is 414 g/mol. The summed E-state index contributed by atoms with van der Waals surface area (Å²) < 4.78 is 42.3. The first-order chi connectivity index (χ1) is 14.2. The van der Waals surface area contributed by atoms with Crippen LogP contribution >= 0.6 is 0 Å². The SMILES string of the molecule is Cc1ccc([C@@H]2C[C@H](C(F)(F)F)n3ncc(C(=O)Nc4ccccc4C)c3N2)cc1. The molecule has 1 aliphatic rings. The maximum atomic E-state index is 13.8. The fourth-order valence-electron chi connectivity index (χ4n) is 3.65. The number of anilines is 2. The van der Waals surface area contributed by atoms with Crippen LogP contribution in [0.1, 0.15) is 45.6 Å². The fourth-order valence-corrected chi connectivity index (χ4v) is 3.65. The van der Waals surface area contributed by atoms with E-state index in [1.165, 1.54) is 6.20 Å². The Labute approximate surface area is 171 Å². The highest BCUT2D eigenvalue weighted by Gasteiger charge is 2.47. The Morgan fingerprint density at radius 1 is 1.13 bits per heavy atom. The molecule has 1 amide bonds. The van der Waals surface area contributed by atoms with E-state index in [0.29, 0.717) is 5.69 Å². The molecule has 0 aliphatic carbocycles. The highest BCUT2D eigenvalue weighted by Crippen LogP contribution is 2.44. The van der Waals surface area contributed by atoms with E-state index in [-0.39, 0.29) is 17.8 Å². The van der Waals surface area contributed by atoms with Gasteiger partial charge in [-0.1, -0.05) is 48.0 Å². The molecule has 0 radical (unpaired) electrons. The number of nitrogens with one attached hydrogen (secondary N) is 2. The number of alkyl halides is 3. The molecule has 156 valence electrons. The van der Waals surface area contributed by atoms with Crippen LogP contribution < -0.4 is 10.6 Å². The van der Waals surface area contributed by atoms with E-state index in [1.807, 2.05) is 38.1 Å². The molecule has 30 heavy (non-hydrogen) atoms. The number of nitrogens with zero attached hydrogens (tertiary/aromatic N) is 2. The molecule has 3 aromatic rings. The molecule has 4 rings (SSSR count). The number of hydrogen-bond acceptors (Lipinski definition) is 3. The van der Waals surface area contributed by atoms with Crippen molar-refractivity contribution in [3.63, 3.8) is 0 Å². The van der Waals surface area contributed by atoms with Gasteiger partial charge >= 0.3 is 6.18 Å². The van der Waals surface area contributed by atoms with Gasteiger partial charge in [0.05, 0.1) is 12.2 Å². The zero-order valence-electron chi connectivity index (χ0n) is 16.5. The topological polar surface area (TPSA) is 59.0 Å². The van der Waals surface area contributed by atoms with Gasteiger partial charge in [-0.2, -0.15) is 18.3 Å². The Balaban J connectivity index is 1.70. The molecule has 0 bridgehead atoms. The maximum Gasteiger partial charge on any atom is 0.410 e. The molecule has 0 fully saturated rings. The summed E-state index contributed by atoms with van der Waals surface area (Å²) in [5, 5.41) is 9.77. The minimum Gasteiger partial charge on any atom is -0.363 e. The van der Waals surface area contributed by atoms with Gasteiger partial charge in [0.15, 0.2) is 6.04 Å². The van der Waals surface area contributed by atoms with Gasteiger partial charge in [-0.25, -0.2) is 4.68 Å². The smallest absolute Gasteiger partial charge is 0.363 e. The van der Waals surface area contributed by atoms with Crippen molar-refractivity contribution >= 4 is 17.4 Å². The number of carbonyl (C=O) groups excluding carboxylic acids is 1. The normalized spacial score (nSPS) is 18.4. The molecule has 0 spiro atoms. The Morgan fingerprint density at radius 3 is 2.50 bits per heavy atom. The van der Waals surface area contributed by atoms with Crippen LogP contribution in [-0.2, 0) is 0 Å². The molecule has 2 atom stereocenters. The van der Waals surface area contributed by atoms with Crippen molar-refractivity contribution in [2.75, 3.05) is 10.6 Å². The average Bonchev–Trinajstić information content (AvgIpc) is 3.13. The number of carbonyl (C=O) groups is 1. The van der Waals surface area contributed by atoms with Crippen molar-refractivity contribution in [1.82, 2.24) is 9.78 Å². The van der Waals surface area contributed by atoms with E-state index >= 15 is 0 Å². The zero-order valence-corrected chi connectivity index (χ0v) is 16.5. The number of aryl methyl sites for hydroxylation is 2. The summed E-state index contributed by atoms with van der Waals surface area (Å²) in [6, 6.07) is 12.1. The predicted octanol–water partition coefficient (Wildman–Crippen LogP) is 5.41. The third-order valence-electron chi connectivity index (χ3n) is 5.36. The molecule has 2 N–H and O–H groups in total. The summed E-state index contributed by atoms with van der Waals surface area (Å²) in [7, 11) is 0.